The molecule has 0 aliphatic heterocycles. The lowest BCUT2D eigenvalue weighted by molar-refractivity contribution is 0.507. The van der Waals surface area contributed by atoms with Gasteiger partial charge in [-0.1, -0.05) is 6.07 Å². The molecule has 0 radical (unpaired) electrons. The molecule has 0 bridgehead atoms. The Balaban J connectivity index is 1.53. The summed E-state index contributed by atoms with van der Waals surface area (Å²) >= 11 is 0. The van der Waals surface area contributed by atoms with Crippen molar-refractivity contribution in [2.24, 2.45) is 0 Å². The van der Waals surface area contributed by atoms with Crippen LogP contribution in [0.3, 0.4) is 0 Å². The molecule has 1 aliphatic rings. The number of benzene rings is 1. The molecule has 114 valence electrons. The van der Waals surface area contributed by atoms with E-state index in [-0.39, 0.29) is 11.8 Å². The minimum Gasteiger partial charge on any atom is -0.234 e. The van der Waals surface area contributed by atoms with Gasteiger partial charge >= 0.3 is 0 Å². The Bertz CT molecular complexity index is 837. The third-order valence-corrected chi connectivity index (χ3v) is 4.03. The first-order valence-corrected chi connectivity index (χ1v) is 7.26. The molecule has 23 heavy (non-hydrogen) atoms. The number of halogens is 2. The summed E-state index contributed by atoms with van der Waals surface area (Å²) in [4.78, 5) is 16.8. The summed E-state index contributed by atoms with van der Waals surface area (Å²) in [7, 11) is 0. The molecule has 6 heteroatoms. The van der Waals surface area contributed by atoms with Crippen LogP contribution in [0.15, 0.2) is 49.1 Å². The Morgan fingerprint density at radius 3 is 2.13 bits per heavy atom. The highest BCUT2D eigenvalue weighted by atomic mass is 19.2. The van der Waals surface area contributed by atoms with E-state index in [2.05, 4.69) is 19.9 Å². The van der Waals surface area contributed by atoms with Crippen molar-refractivity contribution in [3.63, 3.8) is 0 Å². The maximum Gasteiger partial charge on any atom is 0.197 e. The molecule has 0 N–H and O–H groups in total. The standard InChI is InChI=1S/C17H12F2N4/c18-14-3-2-10(6-15(14)19)12-7-13(12)11-8-22-17(23-9-11)16-20-4-1-5-21-16/h1-6,8-9,12-13H,7H2/t12-,13+/m1/s1. The van der Waals surface area contributed by atoms with Crippen LogP contribution in [0.1, 0.15) is 29.4 Å². The average Bonchev–Trinajstić information content (AvgIpc) is 3.39. The van der Waals surface area contributed by atoms with Crippen molar-refractivity contribution in [3.05, 3.63) is 71.8 Å². The van der Waals surface area contributed by atoms with Crippen LogP contribution < -0.4 is 0 Å². The minimum atomic E-state index is -0.818. The van der Waals surface area contributed by atoms with Crippen LogP contribution in [0.25, 0.3) is 11.6 Å². The van der Waals surface area contributed by atoms with Crippen LogP contribution in [-0.2, 0) is 0 Å². The molecule has 2 atom stereocenters. The van der Waals surface area contributed by atoms with Crippen molar-refractivity contribution in [1.82, 2.24) is 19.9 Å². The van der Waals surface area contributed by atoms with Crippen LogP contribution in [0.5, 0.6) is 0 Å². The van der Waals surface area contributed by atoms with E-state index in [1.165, 1.54) is 12.1 Å². The van der Waals surface area contributed by atoms with Crippen molar-refractivity contribution in [3.8, 4) is 11.6 Å². The van der Waals surface area contributed by atoms with Crippen LogP contribution in [0, 0.1) is 11.6 Å². The summed E-state index contributed by atoms with van der Waals surface area (Å²) in [6.45, 7) is 0. The highest BCUT2D eigenvalue weighted by molar-refractivity contribution is 5.43. The molecule has 1 aromatic carbocycles. The first kappa shape index (κ1) is 13.9. The maximum absolute atomic E-state index is 13.3. The number of hydrogen-bond acceptors (Lipinski definition) is 4. The Morgan fingerprint density at radius 2 is 1.43 bits per heavy atom. The van der Waals surface area contributed by atoms with E-state index < -0.39 is 11.6 Å². The summed E-state index contributed by atoms with van der Waals surface area (Å²) in [6, 6.07) is 5.81. The zero-order valence-electron chi connectivity index (χ0n) is 12.0. The maximum atomic E-state index is 13.3. The summed E-state index contributed by atoms with van der Waals surface area (Å²) in [5, 5.41) is 0. The molecule has 3 aromatic rings. The predicted octanol–water partition coefficient (Wildman–Crippen LogP) is 3.48. The number of rotatable bonds is 3. The van der Waals surface area contributed by atoms with E-state index in [1.807, 2.05) is 0 Å². The fraction of sp³-hybridized carbons (Fsp3) is 0.176. The van der Waals surface area contributed by atoms with Crippen LogP contribution in [-0.4, -0.2) is 19.9 Å². The normalized spacial score (nSPS) is 19.6. The Morgan fingerprint density at radius 1 is 0.783 bits per heavy atom. The van der Waals surface area contributed by atoms with E-state index >= 15 is 0 Å². The predicted molar refractivity (Wildman–Crippen MR) is 79.5 cm³/mol. The van der Waals surface area contributed by atoms with Gasteiger partial charge in [-0.3, -0.25) is 0 Å². The largest absolute Gasteiger partial charge is 0.234 e. The van der Waals surface area contributed by atoms with Crippen LogP contribution in [0.4, 0.5) is 8.78 Å². The fourth-order valence-electron chi connectivity index (χ4n) is 2.73. The summed E-state index contributed by atoms with van der Waals surface area (Å²) in [5.41, 5.74) is 1.80. The van der Waals surface area contributed by atoms with Crippen molar-refractivity contribution in [1.29, 1.82) is 0 Å². The van der Waals surface area contributed by atoms with E-state index in [9.17, 15) is 8.78 Å². The topological polar surface area (TPSA) is 51.6 Å². The van der Waals surface area contributed by atoms with Crippen molar-refractivity contribution in [2.75, 3.05) is 0 Å². The second kappa shape index (κ2) is 5.46. The van der Waals surface area contributed by atoms with E-state index in [0.29, 0.717) is 11.6 Å². The van der Waals surface area contributed by atoms with E-state index in [0.717, 1.165) is 17.5 Å². The average molecular weight is 310 g/mol. The first-order chi connectivity index (χ1) is 11.2. The molecule has 4 rings (SSSR count). The van der Waals surface area contributed by atoms with Crippen molar-refractivity contribution < 1.29 is 8.78 Å². The third kappa shape index (κ3) is 2.67. The van der Waals surface area contributed by atoms with E-state index in [1.54, 1.807) is 36.9 Å². The quantitative estimate of drug-likeness (QED) is 0.743. The van der Waals surface area contributed by atoms with Gasteiger partial charge in [0.05, 0.1) is 0 Å². The molecule has 2 aromatic heterocycles. The molecular weight excluding hydrogens is 298 g/mol. The molecule has 1 fully saturated rings. The summed E-state index contributed by atoms with van der Waals surface area (Å²) in [6.07, 6.45) is 7.67. The zero-order valence-corrected chi connectivity index (χ0v) is 12.0. The molecule has 4 nitrogen and oxygen atoms in total. The molecule has 0 unspecified atom stereocenters. The third-order valence-electron chi connectivity index (χ3n) is 4.03. The van der Waals surface area contributed by atoms with Gasteiger partial charge in [-0.2, -0.15) is 0 Å². The summed E-state index contributed by atoms with van der Waals surface area (Å²) in [5.74, 6) is -0.244. The first-order valence-electron chi connectivity index (χ1n) is 7.26. The molecule has 2 heterocycles. The van der Waals surface area contributed by atoms with Crippen LogP contribution in [0.2, 0.25) is 0 Å². The molecule has 0 amide bonds. The second-order valence-corrected chi connectivity index (χ2v) is 5.53. The van der Waals surface area contributed by atoms with Crippen molar-refractivity contribution >= 4 is 0 Å². The van der Waals surface area contributed by atoms with Gasteiger partial charge in [0.2, 0.25) is 0 Å². The number of nitrogens with zero attached hydrogens (tertiary/aromatic N) is 4. The lowest BCUT2D eigenvalue weighted by Crippen LogP contribution is -1.96. The molecule has 1 aliphatic carbocycles. The Hall–Kier alpha value is -2.76. The van der Waals surface area contributed by atoms with Gasteiger partial charge in [-0.15, -0.1) is 0 Å². The highest BCUT2D eigenvalue weighted by Gasteiger charge is 2.40. The monoisotopic (exact) mass is 310 g/mol. The molecule has 0 spiro atoms. The lowest BCUT2D eigenvalue weighted by Gasteiger charge is -2.03. The number of aromatic nitrogens is 4. The number of hydrogen-bond donors (Lipinski definition) is 0. The Labute approximate surface area is 131 Å². The van der Waals surface area contributed by atoms with Gasteiger partial charge in [0, 0.05) is 24.8 Å². The Kier molecular flexibility index (Phi) is 3.29. The molecular formula is C17H12F2N4. The summed E-state index contributed by atoms with van der Waals surface area (Å²) < 4.78 is 26.3. The van der Waals surface area contributed by atoms with Crippen LogP contribution >= 0.6 is 0 Å². The SMILES string of the molecule is Fc1ccc([C@H]2C[C@H]2c2cnc(-c3ncccn3)nc2)cc1F. The highest BCUT2D eigenvalue weighted by Crippen LogP contribution is 2.54. The fourth-order valence-corrected chi connectivity index (χ4v) is 2.73. The zero-order chi connectivity index (χ0) is 15.8. The molecule has 0 saturated heterocycles. The van der Waals surface area contributed by atoms with Gasteiger partial charge in [-0.25, -0.2) is 28.7 Å². The minimum absolute atomic E-state index is 0.188. The lowest BCUT2D eigenvalue weighted by atomic mass is 10.1. The molecule has 1 saturated carbocycles. The second-order valence-electron chi connectivity index (χ2n) is 5.53. The van der Waals surface area contributed by atoms with Gasteiger partial charge < -0.3 is 0 Å². The van der Waals surface area contributed by atoms with Gasteiger partial charge in [0.15, 0.2) is 23.3 Å². The van der Waals surface area contributed by atoms with E-state index in [4.69, 9.17) is 0 Å². The van der Waals surface area contributed by atoms with Gasteiger partial charge in [0.25, 0.3) is 0 Å². The smallest absolute Gasteiger partial charge is 0.197 e. The van der Waals surface area contributed by atoms with Gasteiger partial charge in [-0.05, 0) is 47.6 Å². The van der Waals surface area contributed by atoms with Crippen molar-refractivity contribution in [2.45, 2.75) is 18.3 Å². The van der Waals surface area contributed by atoms with Gasteiger partial charge in [0.1, 0.15) is 0 Å².